The van der Waals surface area contributed by atoms with Crippen molar-refractivity contribution >= 4 is 23.2 Å². The van der Waals surface area contributed by atoms with Crippen LogP contribution in [0.3, 0.4) is 0 Å². The van der Waals surface area contributed by atoms with Crippen molar-refractivity contribution in [2.75, 3.05) is 13.2 Å². The lowest BCUT2D eigenvalue weighted by molar-refractivity contribution is -0.238. The van der Waals surface area contributed by atoms with Crippen LogP contribution in [0.1, 0.15) is 50.9 Å². The molecule has 1 aromatic carbocycles. The van der Waals surface area contributed by atoms with Crippen LogP contribution < -0.4 is 0 Å². The number of aromatic nitrogens is 1. The fraction of sp³-hybridized carbons (Fsp3) is 0.609. The molecule has 2 saturated carbocycles. The summed E-state index contributed by atoms with van der Waals surface area (Å²) < 4.78 is 24.1. The molecule has 0 radical (unpaired) electrons. The van der Waals surface area contributed by atoms with E-state index in [1.165, 1.54) is 0 Å². The van der Waals surface area contributed by atoms with E-state index in [1.807, 2.05) is 0 Å². The molecule has 3 atom stereocenters. The third-order valence-electron chi connectivity index (χ3n) is 6.84. The smallest absolute Gasteiger partial charge is 0.174 e. The van der Waals surface area contributed by atoms with Crippen molar-refractivity contribution in [3.63, 3.8) is 0 Å². The van der Waals surface area contributed by atoms with Crippen LogP contribution in [0.15, 0.2) is 22.7 Å². The van der Waals surface area contributed by atoms with Gasteiger partial charge in [-0.3, -0.25) is 0 Å². The summed E-state index contributed by atoms with van der Waals surface area (Å²) in [4.78, 5) is 0. The highest BCUT2D eigenvalue weighted by Gasteiger charge is 2.58. The molecule has 8 heteroatoms. The van der Waals surface area contributed by atoms with Gasteiger partial charge in [-0.25, -0.2) is 0 Å². The maximum atomic E-state index is 10.7. The third kappa shape index (κ3) is 3.71. The van der Waals surface area contributed by atoms with E-state index in [2.05, 4.69) is 5.16 Å². The molecule has 1 aromatic heterocycles. The lowest BCUT2D eigenvalue weighted by Crippen LogP contribution is -2.47. The van der Waals surface area contributed by atoms with Gasteiger partial charge in [0.25, 0.3) is 0 Å². The van der Waals surface area contributed by atoms with Crippen molar-refractivity contribution in [2.24, 2.45) is 11.8 Å². The zero-order valence-corrected chi connectivity index (χ0v) is 19.2. The second-order valence-electron chi connectivity index (χ2n) is 9.29. The predicted molar refractivity (Wildman–Crippen MR) is 116 cm³/mol. The minimum absolute atomic E-state index is 0.0787. The van der Waals surface area contributed by atoms with E-state index in [4.69, 9.17) is 41.9 Å². The van der Waals surface area contributed by atoms with E-state index in [-0.39, 0.29) is 12.7 Å². The first-order valence-corrected chi connectivity index (χ1v) is 11.6. The molecule has 5 rings (SSSR count). The molecule has 31 heavy (non-hydrogen) atoms. The lowest BCUT2D eigenvalue weighted by Gasteiger charge is -2.41. The summed E-state index contributed by atoms with van der Waals surface area (Å²) >= 11 is 12.9. The average molecular weight is 468 g/mol. The van der Waals surface area contributed by atoms with Crippen molar-refractivity contribution in [1.29, 1.82) is 0 Å². The average Bonchev–Trinajstić information content (AvgIpc) is 3.39. The minimum atomic E-state index is -1.22. The van der Waals surface area contributed by atoms with Crippen molar-refractivity contribution in [2.45, 2.75) is 63.6 Å². The summed E-state index contributed by atoms with van der Waals surface area (Å²) in [5, 5.41) is 15.8. The fourth-order valence-electron chi connectivity index (χ4n) is 5.53. The van der Waals surface area contributed by atoms with E-state index >= 15 is 0 Å². The van der Waals surface area contributed by atoms with Crippen LogP contribution in [0.4, 0.5) is 0 Å². The first kappa shape index (κ1) is 21.7. The largest absolute Gasteiger partial charge is 0.382 e. The SMILES string of the molecule is CC(C)(O)c1onc(-c2c(Cl)cccc2Cl)c1COC1C[C@H]2CC[C@@H](C1)C21OCCO1. The molecule has 0 amide bonds. The Kier molecular flexibility index (Phi) is 5.60. The van der Waals surface area contributed by atoms with Crippen LogP contribution in [-0.4, -0.2) is 35.4 Å². The number of rotatable bonds is 5. The summed E-state index contributed by atoms with van der Waals surface area (Å²) in [5.74, 6) is 0.669. The van der Waals surface area contributed by atoms with E-state index in [0.29, 0.717) is 57.7 Å². The predicted octanol–water partition coefficient (Wildman–Crippen LogP) is 5.32. The summed E-state index contributed by atoms with van der Waals surface area (Å²) in [6.07, 6.45) is 4.07. The Bertz CT molecular complexity index is 927. The fourth-order valence-corrected chi connectivity index (χ4v) is 6.11. The summed E-state index contributed by atoms with van der Waals surface area (Å²) in [6.45, 7) is 4.92. The van der Waals surface area contributed by atoms with Crippen molar-refractivity contribution in [1.82, 2.24) is 5.16 Å². The van der Waals surface area contributed by atoms with Gasteiger partial charge < -0.3 is 23.8 Å². The lowest BCUT2D eigenvalue weighted by atomic mass is 9.81. The quantitative estimate of drug-likeness (QED) is 0.640. The number of ether oxygens (including phenoxy) is 3. The van der Waals surface area contributed by atoms with Gasteiger partial charge in [-0.2, -0.15) is 0 Å². The van der Waals surface area contributed by atoms with Gasteiger partial charge in [-0.05, 0) is 51.7 Å². The molecule has 1 unspecified atom stereocenters. The highest BCUT2D eigenvalue weighted by Crippen LogP contribution is 2.54. The van der Waals surface area contributed by atoms with Crippen LogP contribution in [0, 0.1) is 11.8 Å². The topological polar surface area (TPSA) is 74.0 Å². The number of aliphatic hydroxyl groups is 1. The van der Waals surface area contributed by atoms with Crippen LogP contribution >= 0.6 is 23.2 Å². The van der Waals surface area contributed by atoms with Crippen molar-refractivity contribution < 1.29 is 23.8 Å². The summed E-state index contributed by atoms with van der Waals surface area (Å²) in [5.41, 5.74) is 0.534. The van der Waals surface area contributed by atoms with Gasteiger partial charge in [0, 0.05) is 17.4 Å². The Morgan fingerprint density at radius 1 is 1.13 bits per heavy atom. The maximum Gasteiger partial charge on any atom is 0.174 e. The zero-order chi connectivity index (χ0) is 21.8. The molecule has 2 aliphatic carbocycles. The molecule has 168 valence electrons. The molecule has 3 aliphatic rings. The van der Waals surface area contributed by atoms with E-state index in [1.54, 1.807) is 32.0 Å². The van der Waals surface area contributed by atoms with Crippen LogP contribution in [0.25, 0.3) is 11.3 Å². The molecule has 1 aliphatic heterocycles. The Balaban J connectivity index is 1.40. The molecular formula is C23H27Cl2NO5. The monoisotopic (exact) mass is 467 g/mol. The van der Waals surface area contributed by atoms with Crippen LogP contribution in [0.5, 0.6) is 0 Å². The number of hydrogen-bond donors (Lipinski definition) is 1. The van der Waals surface area contributed by atoms with Gasteiger partial charge in [0.05, 0.1) is 41.5 Å². The standard InChI is InChI=1S/C23H27Cl2NO5/c1-22(2,27)21-16(20(26-31-21)19-17(24)4-3-5-18(19)25)12-28-15-10-13-6-7-14(11-15)23(13)29-8-9-30-23/h3-5,13-15,27H,6-12H2,1-2H3/t13-,14+,15?. The molecule has 1 N–H and O–H groups in total. The zero-order valence-electron chi connectivity index (χ0n) is 17.7. The molecule has 6 nitrogen and oxygen atoms in total. The molecule has 2 bridgehead atoms. The molecule has 2 heterocycles. The second-order valence-corrected chi connectivity index (χ2v) is 10.1. The van der Waals surface area contributed by atoms with Gasteiger partial charge in [0.15, 0.2) is 11.5 Å². The van der Waals surface area contributed by atoms with Gasteiger partial charge in [-0.1, -0.05) is 34.4 Å². The van der Waals surface area contributed by atoms with Crippen molar-refractivity contribution in [3.05, 3.63) is 39.6 Å². The molecule has 1 spiro atoms. The third-order valence-corrected chi connectivity index (χ3v) is 7.47. The molecule has 2 aromatic rings. The molecule has 3 fully saturated rings. The number of nitrogens with zero attached hydrogens (tertiary/aromatic N) is 1. The van der Waals surface area contributed by atoms with Gasteiger partial charge in [0.1, 0.15) is 11.3 Å². The van der Waals surface area contributed by atoms with Crippen molar-refractivity contribution in [3.8, 4) is 11.3 Å². The molecule has 1 saturated heterocycles. The first-order chi connectivity index (χ1) is 14.8. The number of hydrogen-bond acceptors (Lipinski definition) is 6. The minimum Gasteiger partial charge on any atom is -0.382 e. The van der Waals surface area contributed by atoms with E-state index in [0.717, 1.165) is 25.7 Å². The second kappa shape index (κ2) is 8.01. The van der Waals surface area contributed by atoms with Crippen LogP contribution in [0.2, 0.25) is 10.0 Å². The molecular weight excluding hydrogens is 441 g/mol. The normalized spacial score (nSPS) is 27.3. The maximum absolute atomic E-state index is 10.7. The Hall–Kier alpha value is -1.15. The van der Waals surface area contributed by atoms with Gasteiger partial charge >= 0.3 is 0 Å². The summed E-state index contributed by atoms with van der Waals surface area (Å²) in [6, 6.07) is 5.29. The Labute approximate surface area is 191 Å². The summed E-state index contributed by atoms with van der Waals surface area (Å²) in [7, 11) is 0. The Morgan fingerprint density at radius 2 is 1.74 bits per heavy atom. The van der Waals surface area contributed by atoms with E-state index < -0.39 is 11.4 Å². The highest BCUT2D eigenvalue weighted by atomic mass is 35.5. The Morgan fingerprint density at radius 3 is 2.32 bits per heavy atom. The number of halogens is 2. The number of benzene rings is 1. The van der Waals surface area contributed by atoms with Crippen LogP contribution in [-0.2, 0) is 26.4 Å². The highest BCUT2D eigenvalue weighted by molar-refractivity contribution is 6.39. The van der Waals surface area contributed by atoms with Gasteiger partial charge in [0.2, 0.25) is 0 Å². The van der Waals surface area contributed by atoms with Gasteiger partial charge in [-0.15, -0.1) is 0 Å². The van der Waals surface area contributed by atoms with E-state index in [9.17, 15) is 5.11 Å². The first-order valence-electron chi connectivity index (χ1n) is 10.8.